The number of nitrogens with one attached hydrogen (secondary N) is 1. The number of rotatable bonds is 2. The minimum absolute atomic E-state index is 0.0367. The molecule has 0 radical (unpaired) electrons. The molecule has 2 heterocycles. The Kier molecular flexibility index (Phi) is 2.07. The predicted molar refractivity (Wildman–Crippen MR) is 60.6 cm³/mol. The number of aryl methyl sites for hydroxylation is 1. The summed E-state index contributed by atoms with van der Waals surface area (Å²) in [6, 6.07) is 2.09. The molecule has 0 aromatic carbocycles. The molecule has 90 valence electrons. The van der Waals surface area contributed by atoms with E-state index in [4.69, 9.17) is 5.26 Å². The Bertz CT molecular complexity index is 678. The molecule has 0 saturated heterocycles. The molecule has 2 aromatic rings. The van der Waals surface area contributed by atoms with Crippen LogP contribution in [0.5, 0.6) is 0 Å². The van der Waals surface area contributed by atoms with E-state index in [9.17, 15) is 4.79 Å². The third-order valence-electron chi connectivity index (χ3n) is 2.84. The Morgan fingerprint density at radius 3 is 3.06 bits per heavy atom. The molecule has 0 aliphatic heterocycles. The van der Waals surface area contributed by atoms with E-state index in [1.54, 1.807) is 12.4 Å². The summed E-state index contributed by atoms with van der Waals surface area (Å²) in [5.41, 5.74) is 0.216. The van der Waals surface area contributed by atoms with Crippen LogP contribution >= 0.6 is 0 Å². The molecule has 1 fully saturated rings. The lowest BCUT2D eigenvalue weighted by Gasteiger charge is -2.05. The first-order valence-electron chi connectivity index (χ1n) is 5.55. The van der Waals surface area contributed by atoms with Crippen LogP contribution in [0.2, 0.25) is 0 Å². The largest absolute Gasteiger partial charge is 0.331 e. The van der Waals surface area contributed by atoms with E-state index in [0.717, 1.165) is 5.56 Å². The van der Waals surface area contributed by atoms with Crippen molar-refractivity contribution < 1.29 is 4.79 Å². The molecule has 7 nitrogen and oxygen atoms in total. The van der Waals surface area contributed by atoms with Gasteiger partial charge in [-0.2, -0.15) is 10.2 Å². The van der Waals surface area contributed by atoms with Crippen molar-refractivity contribution >= 4 is 11.7 Å². The minimum Gasteiger partial charge on any atom is -0.331 e. The number of fused-ring (bicyclic) bond motifs is 1. The van der Waals surface area contributed by atoms with Gasteiger partial charge in [0.15, 0.2) is 0 Å². The summed E-state index contributed by atoms with van der Waals surface area (Å²) in [5.74, 6) is -0.0283. The Morgan fingerprint density at radius 1 is 1.61 bits per heavy atom. The highest BCUT2D eigenvalue weighted by molar-refractivity contribution is 5.92. The second-order valence-corrected chi connectivity index (χ2v) is 4.46. The van der Waals surface area contributed by atoms with Crippen molar-refractivity contribution in [3.8, 4) is 6.07 Å². The van der Waals surface area contributed by atoms with Gasteiger partial charge in [0.05, 0.1) is 6.07 Å². The first-order chi connectivity index (χ1) is 8.62. The highest BCUT2D eigenvalue weighted by Crippen LogP contribution is 2.34. The van der Waals surface area contributed by atoms with Gasteiger partial charge in [-0.25, -0.2) is 9.50 Å². The molecular weight excluding hydrogens is 232 g/mol. The van der Waals surface area contributed by atoms with Crippen LogP contribution < -0.4 is 5.32 Å². The van der Waals surface area contributed by atoms with Gasteiger partial charge in [-0.3, -0.25) is 4.79 Å². The summed E-state index contributed by atoms with van der Waals surface area (Å²) in [7, 11) is 0. The van der Waals surface area contributed by atoms with Gasteiger partial charge in [0.2, 0.25) is 5.82 Å². The fraction of sp³-hybridized carbons (Fsp3) is 0.364. The van der Waals surface area contributed by atoms with E-state index in [1.807, 2.05) is 6.92 Å². The highest BCUT2D eigenvalue weighted by Gasteiger charge is 2.45. The Hall–Kier alpha value is -2.49. The van der Waals surface area contributed by atoms with Crippen molar-refractivity contribution in [3.05, 3.63) is 23.8 Å². The zero-order valence-corrected chi connectivity index (χ0v) is 9.71. The van der Waals surface area contributed by atoms with Crippen molar-refractivity contribution in [2.24, 2.45) is 0 Å². The average molecular weight is 242 g/mol. The first-order valence-corrected chi connectivity index (χ1v) is 5.55. The van der Waals surface area contributed by atoms with Crippen LogP contribution in [0.4, 0.5) is 0 Å². The quantitative estimate of drug-likeness (QED) is 0.812. The molecule has 0 unspecified atom stereocenters. The SMILES string of the molecule is Cc1cnc2nc(C(=O)NC3(C#N)CC3)nn2c1. The van der Waals surface area contributed by atoms with Crippen molar-refractivity contribution in [2.75, 3.05) is 0 Å². The number of amides is 1. The summed E-state index contributed by atoms with van der Waals surface area (Å²) < 4.78 is 1.45. The molecule has 1 aliphatic carbocycles. The van der Waals surface area contributed by atoms with Crippen molar-refractivity contribution in [1.82, 2.24) is 24.9 Å². The van der Waals surface area contributed by atoms with Gasteiger partial charge >= 0.3 is 0 Å². The Balaban J connectivity index is 1.90. The second kappa shape index (κ2) is 3.50. The first kappa shape index (κ1) is 10.7. The summed E-state index contributed by atoms with van der Waals surface area (Å²) in [6.45, 7) is 1.88. The molecule has 2 aromatic heterocycles. The fourth-order valence-electron chi connectivity index (χ4n) is 1.63. The molecule has 1 aliphatic rings. The number of nitrogens with zero attached hydrogens (tertiary/aromatic N) is 5. The lowest BCUT2D eigenvalue weighted by atomic mass is 10.3. The van der Waals surface area contributed by atoms with Crippen LogP contribution in [-0.4, -0.2) is 31.0 Å². The minimum atomic E-state index is -0.710. The predicted octanol–water partition coefficient (Wildman–Crippen LogP) is 0.219. The molecule has 3 rings (SSSR count). The second-order valence-electron chi connectivity index (χ2n) is 4.46. The molecule has 0 bridgehead atoms. The molecule has 0 spiro atoms. The highest BCUT2D eigenvalue weighted by atomic mass is 16.2. The number of carbonyl (C=O) groups excluding carboxylic acids is 1. The van der Waals surface area contributed by atoms with Crippen molar-refractivity contribution in [2.45, 2.75) is 25.3 Å². The van der Waals surface area contributed by atoms with Crippen LogP contribution in [0.25, 0.3) is 5.78 Å². The van der Waals surface area contributed by atoms with Gasteiger partial charge in [-0.15, -0.1) is 5.10 Å². The monoisotopic (exact) mass is 242 g/mol. The number of hydrogen-bond donors (Lipinski definition) is 1. The number of carbonyl (C=O) groups is 1. The van der Waals surface area contributed by atoms with Crippen LogP contribution in [0.1, 0.15) is 29.0 Å². The van der Waals surface area contributed by atoms with E-state index in [0.29, 0.717) is 18.6 Å². The van der Waals surface area contributed by atoms with Gasteiger partial charge in [-0.1, -0.05) is 0 Å². The van der Waals surface area contributed by atoms with Crippen LogP contribution in [-0.2, 0) is 0 Å². The maximum Gasteiger partial charge on any atom is 0.292 e. The van der Waals surface area contributed by atoms with Gasteiger partial charge in [0.1, 0.15) is 5.54 Å². The van der Waals surface area contributed by atoms with Crippen molar-refractivity contribution in [3.63, 3.8) is 0 Å². The lowest BCUT2D eigenvalue weighted by molar-refractivity contribution is 0.0931. The van der Waals surface area contributed by atoms with Crippen LogP contribution in [0.15, 0.2) is 12.4 Å². The standard InChI is InChI=1S/C11H10N6O/c1-7-4-13-10-14-8(16-17(10)5-7)9(18)15-11(6-12)2-3-11/h4-5H,2-3H2,1H3,(H,15,18). The maximum atomic E-state index is 11.9. The number of nitriles is 1. The summed E-state index contributed by atoms with van der Waals surface area (Å²) in [5, 5.41) is 15.6. The zero-order valence-electron chi connectivity index (χ0n) is 9.71. The smallest absolute Gasteiger partial charge is 0.292 e. The topological polar surface area (TPSA) is 96.0 Å². The van der Waals surface area contributed by atoms with E-state index in [-0.39, 0.29) is 5.82 Å². The van der Waals surface area contributed by atoms with E-state index in [2.05, 4.69) is 26.5 Å². The number of hydrogen-bond acceptors (Lipinski definition) is 5. The third kappa shape index (κ3) is 1.68. The molecule has 7 heteroatoms. The molecule has 1 amide bonds. The summed E-state index contributed by atoms with van der Waals surface area (Å²) in [6.07, 6.45) is 4.76. The summed E-state index contributed by atoms with van der Waals surface area (Å²) in [4.78, 5) is 20.0. The lowest BCUT2D eigenvalue weighted by Crippen LogP contribution is -2.36. The Morgan fingerprint density at radius 2 is 2.39 bits per heavy atom. The van der Waals surface area contributed by atoms with Crippen molar-refractivity contribution in [1.29, 1.82) is 5.26 Å². The van der Waals surface area contributed by atoms with Gasteiger partial charge < -0.3 is 5.32 Å². The molecular formula is C11H10N6O. The van der Waals surface area contributed by atoms with Crippen LogP contribution in [0, 0.1) is 18.3 Å². The third-order valence-corrected chi connectivity index (χ3v) is 2.84. The maximum absolute atomic E-state index is 11.9. The molecule has 1 N–H and O–H groups in total. The van der Waals surface area contributed by atoms with E-state index in [1.165, 1.54) is 4.52 Å². The van der Waals surface area contributed by atoms with E-state index < -0.39 is 11.4 Å². The number of aromatic nitrogens is 4. The molecule has 1 saturated carbocycles. The van der Waals surface area contributed by atoms with Crippen LogP contribution in [0.3, 0.4) is 0 Å². The zero-order chi connectivity index (χ0) is 12.8. The van der Waals surface area contributed by atoms with Gasteiger partial charge in [0.25, 0.3) is 11.7 Å². The molecule has 18 heavy (non-hydrogen) atoms. The van der Waals surface area contributed by atoms with Gasteiger partial charge in [-0.05, 0) is 25.3 Å². The molecule has 0 atom stereocenters. The van der Waals surface area contributed by atoms with E-state index >= 15 is 0 Å². The fourth-order valence-corrected chi connectivity index (χ4v) is 1.63. The normalized spacial score (nSPS) is 16.2. The summed E-state index contributed by atoms with van der Waals surface area (Å²) >= 11 is 0. The Labute approximate surface area is 102 Å². The van der Waals surface area contributed by atoms with Gasteiger partial charge in [0, 0.05) is 12.4 Å². The average Bonchev–Trinajstić information content (AvgIpc) is 2.99.